The molecule has 0 aromatic heterocycles. The fourth-order valence-electron chi connectivity index (χ4n) is 3.34. The Morgan fingerprint density at radius 1 is 0.879 bits per heavy atom. The van der Waals surface area contributed by atoms with Crippen LogP contribution in [0.15, 0.2) is 83.8 Å². The molecule has 0 radical (unpaired) electrons. The molecule has 0 fully saturated rings. The highest BCUT2D eigenvalue weighted by Gasteiger charge is 2.19. The molecule has 0 atom stereocenters. The number of halogens is 1. The molecule has 0 saturated carbocycles. The lowest BCUT2D eigenvalue weighted by Gasteiger charge is -2.22. The van der Waals surface area contributed by atoms with Crippen molar-refractivity contribution in [1.29, 1.82) is 0 Å². The van der Waals surface area contributed by atoms with Gasteiger partial charge in [0.2, 0.25) is 15.9 Å². The predicted octanol–water partition coefficient (Wildman–Crippen LogP) is 4.62. The van der Waals surface area contributed by atoms with Crippen LogP contribution in [-0.2, 0) is 27.9 Å². The third-order valence-electron chi connectivity index (χ3n) is 5.14. The maximum atomic E-state index is 12.7. The van der Waals surface area contributed by atoms with Crippen LogP contribution in [-0.4, -0.2) is 44.2 Å². The van der Waals surface area contributed by atoms with Crippen LogP contribution in [0.25, 0.3) is 0 Å². The predicted molar refractivity (Wildman–Crippen MR) is 133 cm³/mol. The maximum absolute atomic E-state index is 12.7. The minimum atomic E-state index is -3.63. The number of nitrogens with one attached hydrogen (secondary N) is 1. The van der Waals surface area contributed by atoms with Gasteiger partial charge in [-0.2, -0.15) is 0 Å². The number of carbonyl (C=O) groups excluding carboxylic acids is 1. The van der Waals surface area contributed by atoms with Gasteiger partial charge in [-0.05, 0) is 29.3 Å². The van der Waals surface area contributed by atoms with Crippen LogP contribution in [0.5, 0.6) is 0 Å². The molecule has 6 nitrogen and oxygen atoms in total. The van der Waals surface area contributed by atoms with Gasteiger partial charge in [-0.25, -0.2) is 12.7 Å². The Labute approximate surface area is 200 Å². The van der Waals surface area contributed by atoms with Crippen LogP contribution in [0.2, 0.25) is 5.02 Å². The van der Waals surface area contributed by atoms with Gasteiger partial charge >= 0.3 is 0 Å². The first-order chi connectivity index (χ1) is 15.8. The Bertz CT molecular complexity index is 1130. The van der Waals surface area contributed by atoms with Gasteiger partial charge in [0.1, 0.15) is 0 Å². The largest absolute Gasteiger partial charge is 0.325 e. The van der Waals surface area contributed by atoms with Crippen LogP contribution < -0.4 is 5.32 Å². The molecule has 3 aromatic rings. The Morgan fingerprint density at radius 3 is 1.94 bits per heavy atom. The second-order valence-corrected chi connectivity index (χ2v) is 10.5. The van der Waals surface area contributed by atoms with Crippen LogP contribution in [0.3, 0.4) is 0 Å². The summed E-state index contributed by atoms with van der Waals surface area (Å²) < 4.78 is 25.9. The van der Waals surface area contributed by atoms with Gasteiger partial charge in [-0.3, -0.25) is 9.69 Å². The summed E-state index contributed by atoms with van der Waals surface area (Å²) in [6.07, 6.45) is 0.237. The van der Waals surface area contributed by atoms with E-state index in [0.29, 0.717) is 19.6 Å². The van der Waals surface area contributed by atoms with Gasteiger partial charge in [0, 0.05) is 40.2 Å². The first kappa shape index (κ1) is 24.9. The van der Waals surface area contributed by atoms with Gasteiger partial charge in [0.15, 0.2) is 0 Å². The topological polar surface area (TPSA) is 69.7 Å². The summed E-state index contributed by atoms with van der Waals surface area (Å²) in [6, 6.07) is 24.5. The van der Waals surface area contributed by atoms with Crippen LogP contribution in [0.4, 0.5) is 5.69 Å². The normalized spacial score (nSPS) is 11.7. The lowest BCUT2D eigenvalue weighted by atomic mass is 10.1. The minimum absolute atomic E-state index is 0.0713. The summed E-state index contributed by atoms with van der Waals surface area (Å²) in [5.41, 5.74) is 2.61. The fourth-order valence-corrected chi connectivity index (χ4v) is 4.43. The van der Waals surface area contributed by atoms with Crippen molar-refractivity contribution >= 4 is 33.2 Å². The number of carbonyl (C=O) groups is 1. The van der Waals surface area contributed by atoms with Crippen LogP contribution in [0.1, 0.15) is 17.5 Å². The van der Waals surface area contributed by atoms with Crippen molar-refractivity contribution in [2.24, 2.45) is 0 Å². The highest BCUT2D eigenvalue weighted by molar-refractivity contribution is 7.89. The van der Waals surface area contributed by atoms with Crippen molar-refractivity contribution in [2.75, 3.05) is 26.0 Å². The molecule has 0 heterocycles. The van der Waals surface area contributed by atoms with E-state index in [-0.39, 0.29) is 27.9 Å². The average molecular weight is 486 g/mol. The fraction of sp³-hybridized carbons (Fsp3) is 0.240. The zero-order valence-corrected chi connectivity index (χ0v) is 20.3. The van der Waals surface area contributed by atoms with Crippen molar-refractivity contribution in [1.82, 2.24) is 9.21 Å². The summed E-state index contributed by atoms with van der Waals surface area (Å²) in [5.74, 6) is -0.234. The monoisotopic (exact) mass is 485 g/mol. The summed E-state index contributed by atoms with van der Waals surface area (Å²) >= 11 is 6.21. The number of rotatable bonds is 10. The molecule has 0 aliphatic carbocycles. The summed E-state index contributed by atoms with van der Waals surface area (Å²) in [4.78, 5) is 15.0. The smallest absolute Gasteiger partial charge is 0.242 e. The highest BCUT2D eigenvalue weighted by atomic mass is 35.5. The maximum Gasteiger partial charge on any atom is 0.242 e. The van der Waals surface area contributed by atoms with E-state index in [1.165, 1.54) is 43.4 Å². The van der Waals surface area contributed by atoms with Crippen molar-refractivity contribution in [3.05, 3.63) is 95.0 Å². The number of sulfonamides is 1. The molecular weight excluding hydrogens is 458 g/mol. The third-order valence-corrected chi connectivity index (χ3v) is 7.28. The SMILES string of the molecule is CN(C)S(=O)(=O)c1ccc(Cl)c(NC(=O)CCN(Cc2ccccc2)Cc2ccccc2)c1. The van der Waals surface area contributed by atoms with Crippen molar-refractivity contribution < 1.29 is 13.2 Å². The Kier molecular flexibility index (Phi) is 8.63. The Hall–Kier alpha value is -2.71. The highest BCUT2D eigenvalue weighted by Crippen LogP contribution is 2.26. The lowest BCUT2D eigenvalue weighted by molar-refractivity contribution is -0.116. The third kappa shape index (κ3) is 7.14. The molecule has 0 unspecified atom stereocenters. The molecule has 174 valence electrons. The van der Waals surface area contributed by atoms with E-state index >= 15 is 0 Å². The molecule has 33 heavy (non-hydrogen) atoms. The summed E-state index contributed by atoms with van der Waals surface area (Å²) in [5, 5.41) is 3.05. The molecule has 1 N–H and O–H groups in total. The standard InChI is InChI=1S/C25H28ClN3O3S/c1-28(2)33(31,32)22-13-14-23(26)24(17-22)27-25(30)15-16-29(18-20-9-5-3-6-10-20)19-21-11-7-4-8-12-21/h3-14,17H,15-16,18-19H2,1-2H3,(H,27,30). The molecule has 0 aliphatic heterocycles. The van der Waals surface area contributed by atoms with Gasteiger partial charge in [0.05, 0.1) is 15.6 Å². The number of amides is 1. The molecule has 0 bridgehead atoms. The zero-order valence-electron chi connectivity index (χ0n) is 18.7. The van der Waals surface area contributed by atoms with E-state index in [4.69, 9.17) is 11.6 Å². The number of hydrogen-bond acceptors (Lipinski definition) is 4. The molecule has 0 aliphatic rings. The van der Waals surface area contributed by atoms with E-state index < -0.39 is 10.0 Å². The van der Waals surface area contributed by atoms with Crippen LogP contribution in [0, 0.1) is 0 Å². The average Bonchev–Trinajstić information content (AvgIpc) is 2.80. The quantitative estimate of drug-likeness (QED) is 0.455. The first-order valence-electron chi connectivity index (χ1n) is 10.6. The van der Waals surface area contributed by atoms with Crippen molar-refractivity contribution in [3.63, 3.8) is 0 Å². The molecule has 3 rings (SSSR count). The van der Waals surface area contributed by atoms with Crippen LogP contribution >= 0.6 is 11.6 Å². The summed E-state index contributed by atoms with van der Waals surface area (Å²) in [6.45, 7) is 1.95. The van der Waals surface area contributed by atoms with E-state index in [0.717, 1.165) is 4.31 Å². The number of hydrogen-bond donors (Lipinski definition) is 1. The number of nitrogens with zero attached hydrogens (tertiary/aromatic N) is 2. The van der Waals surface area contributed by atoms with E-state index in [2.05, 4.69) is 34.5 Å². The van der Waals surface area contributed by atoms with E-state index in [1.807, 2.05) is 36.4 Å². The summed E-state index contributed by atoms with van der Waals surface area (Å²) in [7, 11) is -0.722. The number of benzene rings is 3. The second kappa shape index (κ2) is 11.4. The van der Waals surface area contributed by atoms with E-state index in [9.17, 15) is 13.2 Å². The van der Waals surface area contributed by atoms with Gasteiger partial charge < -0.3 is 5.32 Å². The first-order valence-corrected chi connectivity index (χ1v) is 12.4. The van der Waals surface area contributed by atoms with Gasteiger partial charge in [-0.15, -0.1) is 0 Å². The van der Waals surface area contributed by atoms with E-state index in [1.54, 1.807) is 0 Å². The molecule has 8 heteroatoms. The van der Waals surface area contributed by atoms with Gasteiger partial charge in [-0.1, -0.05) is 72.3 Å². The zero-order chi connectivity index (χ0) is 23.8. The second-order valence-electron chi connectivity index (χ2n) is 7.91. The molecular formula is C25H28ClN3O3S. The molecule has 0 saturated heterocycles. The van der Waals surface area contributed by atoms with Crippen molar-refractivity contribution in [3.8, 4) is 0 Å². The minimum Gasteiger partial charge on any atom is -0.325 e. The molecule has 3 aromatic carbocycles. The molecule has 0 spiro atoms. The van der Waals surface area contributed by atoms with Crippen molar-refractivity contribution in [2.45, 2.75) is 24.4 Å². The number of anilines is 1. The Morgan fingerprint density at radius 2 is 1.42 bits per heavy atom. The lowest BCUT2D eigenvalue weighted by Crippen LogP contribution is -2.27. The Balaban J connectivity index is 1.68. The van der Waals surface area contributed by atoms with Gasteiger partial charge in [0.25, 0.3) is 0 Å². The molecule has 1 amide bonds.